The maximum Gasteiger partial charge on any atom is 0.157 e. The number of rotatable bonds is 3. The molecule has 1 aromatic rings. The molecule has 5 rings (SSSR count). The molecule has 0 amide bonds. The number of Topliss-reactive ketones (excluding diaryl/α,β-unsaturated/α-hetero) is 1. The second-order valence-corrected chi connectivity index (χ2v) is 11.7. The molecule has 0 radical (unpaired) electrons. The minimum absolute atomic E-state index is 0.161. The Balaban J connectivity index is 1.34. The van der Waals surface area contributed by atoms with Gasteiger partial charge in [-0.1, -0.05) is 27.2 Å². The highest BCUT2D eigenvalue weighted by atomic mass is 16.1. The van der Waals surface area contributed by atoms with Crippen LogP contribution in [0.25, 0.3) is 0 Å². The van der Waals surface area contributed by atoms with Crippen LogP contribution in [0.1, 0.15) is 84.1 Å². The number of hydrogen-bond donors (Lipinski definition) is 0. The fourth-order valence-corrected chi connectivity index (χ4v) is 8.78. The summed E-state index contributed by atoms with van der Waals surface area (Å²) in [4.78, 5) is 13.3. The van der Waals surface area contributed by atoms with E-state index in [2.05, 4.69) is 31.9 Å². The normalized spacial score (nSPS) is 45.1. The summed E-state index contributed by atoms with van der Waals surface area (Å²) in [6.07, 6.45) is 15.2. The highest BCUT2D eigenvalue weighted by Crippen LogP contribution is 2.67. The first-order valence-corrected chi connectivity index (χ1v) is 12.3. The highest BCUT2D eigenvalue weighted by molar-refractivity contribution is 5.82. The standard InChI is InChI=1S/C26H37N3O/c1-17-8-10-25(2)19(12-17)4-5-20-21-6-7-23(26(21,3)11-9-22(20)25)24(30)16-29-15-18(13-27)14-28-29/h14-15,17,19-23H,4-12,16H2,1-3H3/t17?,19?,20?,21?,22?,23?,25-,26?/m0/s1. The summed E-state index contributed by atoms with van der Waals surface area (Å²) in [6.45, 7) is 7.84. The van der Waals surface area contributed by atoms with Crippen LogP contribution in [-0.4, -0.2) is 15.6 Å². The molecule has 30 heavy (non-hydrogen) atoms. The molecule has 4 saturated carbocycles. The summed E-state index contributed by atoms with van der Waals surface area (Å²) in [6, 6.07) is 2.11. The van der Waals surface area contributed by atoms with Crippen molar-refractivity contribution in [1.82, 2.24) is 9.78 Å². The number of ketones is 1. The molecule has 0 saturated heterocycles. The lowest BCUT2D eigenvalue weighted by Gasteiger charge is -2.61. The van der Waals surface area contributed by atoms with Gasteiger partial charge >= 0.3 is 0 Å². The van der Waals surface area contributed by atoms with E-state index in [-0.39, 0.29) is 11.3 Å². The zero-order chi connectivity index (χ0) is 21.1. The van der Waals surface area contributed by atoms with Crippen LogP contribution >= 0.6 is 0 Å². The Kier molecular flexibility index (Phi) is 4.88. The van der Waals surface area contributed by atoms with E-state index in [0.717, 1.165) is 36.0 Å². The van der Waals surface area contributed by atoms with Gasteiger partial charge in [-0.15, -0.1) is 0 Å². The molecular weight excluding hydrogens is 370 g/mol. The molecule has 0 bridgehead atoms. The van der Waals surface area contributed by atoms with Crippen LogP contribution in [0.15, 0.2) is 12.4 Å². The second-order valence-electron chi connectivity index (χ2n) is 11.7. The second kappa shape index (κ2) is 7.21. The maximum absolute atomic E-state index is 13.3. The summed E-state index contributed by atoms with van der Waals surface area (Å²) in [7, 11) is 0. The van der Waals surface area contributed by atoms with Crippen LogP contribution in [0.2, 0.25) is 0 Å². The van der Waals surface area contributed by atoms with Crippen LogP contribution in [-0.2, 0) is 11.3 Å². The van der Waals surface area contributed by atoms with Crippen molar-refractivity contribution in [2.45, 2.75) is 85.1 Å². The van der Waals surface area contributed by atoms with Crippen molar-refractivity contribution in [2.24, 2.45) is 46.3 Å². The molecule has 0 spiro atoms. The van der Waals surface area contributed by atoms with Gasteiger partial charge in [0, 0.05) is 12.1 Å². The van der Waals surface area contributed by atoms with E-state index in [4.69, 9.17) is 5.26 Å². The van der Waals surface area contributed by atoms with E-state index in [1.807, 2.05) is 0 Å². The number of aromatic nitrogens is 2. The van der Waals surface area contributed by atoms with Crippen LogP contribution < -0.4 is 0 Å². The Morgan fingerprint density at radius 1 is 1.13 bits per heavy atom. The van der Waals surface area contributed by atoms with E-state index >= 15 is 0 Å². The Bertz CT molecular complexity index is 868. The first-order valence-electron chi connectivity index (χ1n) is 12.3. The fraction of sp³-hybridized carbons (Fsp3) is 0.808. The summed E-state index contributed by atoms with van der Waals surface area (Å²) in [5.74, 6) is 4.75. The molecule has 8 atom stereocenters. The van der Waals surface area contributed by atoms with Gasteiger partial charge in [0.15, 0.2) is 5.78 Å². The zero-order valence-electron chi connectivity index (χ0n) is 18.9. The first-order chi connectivity index (χ1) is 14.3. The summed E-state index contributed by atoms with van der Waals surface area (Å²) in [5, 5.41) is 13.3. The molecule has 4 nitrogen and oxygen atoms in total. The monoisotopic (exact) mass is 407 g/mol. The summed E-state index contributed by atoms with van der Waals surface area (Å²) in [5.41, 5.74) is 1.24. The number of fused-ring (bicyclic) bond motifs is 5. The van der Waals surface area contributed by atoms with Crippen molar-refractivity contribution in [3.63, 3.8) is 0 Å². The largest absolute Gasteiger partial charge is 0.297 e. The van der Waals surface area contributed by atoms with E-state index in [1.54, 1.807) is 17.1 Å². The zero-order valence-corrected chi connectivity index (χ0v) is 18.9. The lowest BCUT2D eigenvalue weighted by atomic mass is 9.44. The van der Waals surface area contributed by atoms with Crippen molar-refractivity contribution in [3.05, 3.63) is 18.0 Å². The average Bonchev–Trinajstić information content (AvgIpc) is 3.32. The van der Waals surface area contributed by atoms with Gasteiger partial charge in [0.25, 0.3) is 0 Å². The molecule has 0 aromatic carbocycles. The third-order valence-corrected chi connectivity index (χ3v) is 10.4. The average molecular weight is 408 g/mol. The number of nitrogens with zero attached hydrogens (tertiary/aromatic N) is 3. The van der Waals surface area contributed by atoms with Crippen LogP contribution in [0.4, 0.5) is 0 Å². The van der Waals surface area contributed by atoms with Crippen molar-refractivity contribution in [2.75, 3.05) is 0 Å². The minimum atomic E-state index is 0.161. The van der Waals surface area contributed by atoms with Gasteiger partial charge in [0.1, 0.15) is 6.07 Å². The van der Waals surface area contributed by atoms with Crippen molar-refractivity contribution >= 4 is 5.78 Å². The molecule has 0 N–H and O–H groups in total. The van der Waals surface area contributed by atoms with E-state index in [9.17, 15) is 4.79 Å². The lowest BCUT2D eigenvalue weighted by Crippen LogP contribution is -2.53. The van der Waals surface area contributed by atoms with Crippen LogP contribution in [0.5, 0.6) is 0 Å². The predicted molar refractivity (Wildman–Crippen MR) is 116 cm³/mol. The quantitative estimate of drug-likeness (QED) is 0.653. The molecule has 1 aromatic heterocycles. The fourth-order valence-electron chi connectivity index (χ4n) is 8.78. The Morgan fingerprint density at radius 3 is 2.67 bits per heavy atom. The Labute approximate surface area is 181 Å². The van der Waals surface area contributed by atoms with Gasteiger partial charge in [0.2, 0.25) is 0 Å². The number of hydrogen-bond acceptors (Lipinski definition) is 3. The molecule has 7 unspecified atom stereocenters. The van der Waals surface area contributed by atoms with E-state index < -0.39 is 0 Å². The van der Waals surface area contributed by atoms with Gasteiger partial charge in [-0.25, -0.2) is 0 Å². The third kappa shape index (κ3) is 2.99. The predicted octanol–water partition coefficient (Wildman–Crippen LogP) is 5.62. The summed E-state index contributed by atoms with van der Waals surface area (Å²) < 4.78 is 1.67. The SMILES string of the molecule is CC1CC[C@@]2(C)C(CCC3C4CCC(C(=O)Cn5cc(C#N)cn5)C4(C)CCC32)C1. The maximum atomic E-state index is 13.3. The Morgan fingerprint density at radius 2 is 1.90 bits per heavy atom. The molecule has 4 fully saturated rings. The van der Waals surface area contributed by atoms with Gasteiger partial charge < -0.3 is 0 Å². The van der Waals surface area contributed by atoms with Crippen molar-refractivity contribution in [1.29, 1.82) is 5.26 Å². The van der Waals surface area contributed by atoms with Crippen LogP contribution in [0, 0.1) is 57.7 Å². The number of nitriles is 1. The van der Waals surface area contributed by atoms with Gasteiger partial charge in [0.05, 0.1) is 18.3 Å². The topological polar surface area (TPSA) is 58.7 Å². The first kappa shape index (κ1) is 20.3. The van der Waals surface area contributed by atoms with Gasteiger partial charge in [-0.05, 0) is 91.8 Å². The van der Waals surface area contributed by atoms with Crippen LogP contribution in [0.3, 0.4) is 0 Å². The highest BCUT2D eigenvalue weighted by Gasteiger charge is 2.60. The smallest absolute Gasteiger partial charge is 0.157 e. The number of carbonyl (C=O) groups excluding carboxylic acids is 1. The molecule has 162 valence electrons. The third-order valence-electron chi connectivity index (χ3n) is 10.4. The Hall–Kier alpha value is -1.63. The van der Waals surface area contributed by atoms with Crippen molar-refractivity contribution < 1.29 is 4.79 Å². The molecule has 4 heteroatoms. The lowest BCUT2D eigenvalue weighted by molar-refractivity contribution is -0.137. The minimum Gasteiger partial charge on any atom is -0.297 e. The van der Waals surface area contributed by atoms with Crippen molar-refractivity contribution in [3.8, 4) is 6.07 Å². The van der Waals surface area contributed by atoms with Gasteiger partial charge in [-0.3, -0.25) is 9.48 Å². The van der Waals surface area contributed by atoms with Gasteiger partial charge in [-0.2, -0.15) is 10.4 Å². The summed E-state index contributed by atoms with van der Waals surface area (Å²) >= 11 is 0. The molecule has 4 aliphatic carbocycles. The van der Waals surface area contributed by atoms with E-state index in [1.165, 1.54) is 51.4 Å². The molecule has 1 heterocycles. The molecule has 0 aliphatic heterocycles. The molecular formula is C26H37N3O. The number of carbonyl (C=O) groups is 1. The van der Waals surface area contributed by atoms with E-state index in [0.29, 0.717) is 23.3 Å². The molecule has 4 aliphatic rings.